The van der Waals surface area contributed by atoms with Crippen molar-refractivity contribution in [2.75, 3.05) is 6.54 Å². The molecule has 4 bridgehead atoms. The molecule has 4 rings (SSSR count). The highest BCUT2D eigenvalue weighted by Gasteiger charge is 2.59. The minimum Gasteiger partial charge on any atom is -0.307 e. The van der Waals surface area contributed by atoms with E-state index in [4.69, 9.17) is 11.6 Å². The van der Waals surface area contributed by atoms with Gasteiger partial charge in [-0.1, -0.05) is 25.4 Å². The standard InChI is InChI=1S/C16H26ClN/c1-12(7-17)8-18-16-6-13-4-14(2,10-16)9-15(3,5-13)11-16/h7,13,18H,4-6,8-11H2,1-3H3. The predicted molar refractivity (Wildman–Crippen MR) is 77.7 cm³/mol. The molecule has 18 heavy (non-hydrogen) atoms. The molecule has 4 saturated carbocycles. The summed E-state index contributed by atoms with van der Waals surface area (Å²) in [5.74, 6) is 0.962. The highest BCUT2D eigenvalue weighted by Crippen LogP contribution is 2.66. The maximum absolute atomic E-state index is 5.79. The van der Waals surface area contributed by atoms with E-state index in [0.29, 0.717) is 16.4 Å². The molecular weight excluding hydrogens is 242 g/mol. The van der Waals surface area contributed by atoms with Gasteiger partial charge >= 0.3 is 0 Å². The van der Waals surface area contributed by atoms with Gasteiger partial charge in [-0.2, -0.15) is 0 Å². The highest BCUT2D eigenvalue weighted by atomic mass is 35.5. The molecule has 2 unspecified atom stereocenters. The van der Waals surface area contributed by atoms with Crippen LogP contribution in [0, 0.1) is 16.7 Å². The van der Waals surface area contributed by atoms with Crippen molar-refractivity contribution in [1.82, 2.24) is 5.32 Å². The van der Waals surface area contributed by atoms with Crippen LogP contribution in [0.1, 0.15) is 59.3 Å². The van der Waals surface area contributed by atoms with Crippen molar-refractivity contribution in [3.8, 4) is 0 Å². The molecule has 0 heterocycles. The largest absolute Gasteiger partial charge is 0.307 e. The van der Waals surface area contributed by atoms with Crippen molar-refractivity contribution < 1.29 is 0 Å². The third-order valence-electron chi connectivity index (χ3n) is 5.55. The smallest absolute Gasteiger partial charge is 0.0197 e. The average Bonchev–Trinajstić information content (AvgIpc) is 2.21. The van der Waals surface area contributed by atoms with E-state index >= 15 is 0 Å². The molecule has 0 saturated heterocycles. The Kier molecular flexibility index (Phi) is 2.88. The van der Waals surface area contributed by atoms with Gasteiger partial charge in [0.1, 0.15) is 0 Å². The van der Waals surface area contributed by atoms with E-state index in [1.54, 1.807) is 5.54 Å². The Morgan fingerprint density at radius 1 is 1.17 bits per heavy atom. The Morgan fingerprint density at radius 2 is 1.78 bits per heavy atom. The van der Waals surface area contributed by atoms with Crippen molar-refractivity contribution in [2.45, 2.75) is 64.8 Å². The van der Waals surface area contributed by atoms with Crippen LogP contribution in [-0.2, 0) is 0 Å². The molecule has 0 spiro atoms. The SMILES string of the molecule is CC(=CCl)CNC12CC3CC(C)(CC(C)(C3)C1)C2. The molecule has 4 fully saturated rings. The fourth-order valence-electron chi connectivity index (χ4n) is 6.01. The van der Waals surface area contributed by atoms with Crippen molar-refractivity contribution in [2.24, 2.45) is 16.7 Å². The lowest BCUT2D eigenvalue weighted by Gasteiger charge is -2.65. The lowest BCUT2D eigenvalue weighted by molar-refractivity contribution is -0.117. The number of hydrogen-bond donors (Lipinski definition) is 1. The van der Waals surface area contributed by atoms with E-state index in [2.05, 4.69) is 26.1 Å². The quantitative estimate of drug-likeness (QED) is 0.796. The number of hydrogen-bond acceptors (Lipinski definition) is 1. The van der Waals surface area contributed by atoms with Crippen LogP contribution >= 0.6 is 11.6 Å². The second-order valence-corrected chi connectivity index (χ2v) is 8.44. The Morgan fingerprint density at radius 3 is 2.28 bits per heavy atom. The van der Waals surface area contributed by atoms with E-state index in [1.807, 2.05) is 0 Å². The molecule has 0 aliphatic heterocycles. The maximum Gasteiger partial charge on any atom is 0.0197 e. The van der Waals surface area contributed by atoms with Gasteiger partial charge in [0.15, 0.2) is 0 Å². The zero-order chi connectivity index (χ0) is 13.0. The van der Waals surface area contributed by atoms with Crippen molar-refractivity contribution in [3.05, 3.63) is 11.1 Å². The van der Waals surface area contributed by atoms with Crippen molar-refractivity contribution in [3.63, 3.8) is 0 Å². The summed E-state index contributed by atoms with van der Waals surface area (Å²) in [4.78, 5) is 0. The van der Waals surface area contributed by atoms with E-state index < -0.39 is 0 Å². The number of nitrogens with one attached hydrogen (secondary N) is 1. The molecule has 102 valence electrons. The van der Waals surface area contributed by atoms with Crippen LogP contribution in [0.25, 0.3) is 0 Å². The van der Waals surface area contributed by atoms with E-state index in [0.717, 1.165) is 12.5 Å². The summed E-state index contributed by atoms with van der Waals surface area (Å²) in [5, 5.41) is 3.88. The molecule has 1 nitrogen and oxygen atoms in total. The normalized spacial score (nSPS) is 50.9. The molecule has 0 amide bonds. The minimum atomic E-state index is 0.407. The highest BCUT2D eigenvalue weighted by molar-refractivity contribution is 6.25. The molecule has 0 aromatic rings. The van der Waals surface area contributed by atoms with E-state index in [1.165, 1.54) is 44.1 Å². The molecule has 1 N–H and O–H groups in total. The Balaban J connectivity index is 1.80. The van der Waals surface area contributed by atoms with Crippen LogP contribution in [0.15, 0.2) is 11.1 Å². The van der Waals surface area contributed by atoms with Gasteiger partial charge in [0.25, 0.3) is 0 Å². The van der Waals surface area contributed by atoms with E-state index in [9.17, 15) is 0 Å². The van der Waals surface area contributed by atoms with Crippen LogP contribution in [0.2, 0.25) is 0 Å². The Hall–Kier alpha value is -0.0100. The lowest BCUT2D eigenvalue weighted by atomic mass is 9.43. The second kappa shape index (κ2) is 3.99. The minimum absolute atomic E-state index is 0.407. The van der Waals surface area contributed by atoms with Crippen LogP contribution in [-0.4, -0.2) is 12.1 Å². The van der Waals surface area contributed by atoms with Crippen LogP contribution < -0.4 is 5.32 Å². The fourth-order valence-corrected chi connectivity index (χ4v) is 6.09. The molecule has 0 aromatic heterocycles. The molecule has 2 atom stereocenters. The zero-order valence-corrected chi connectivity index (χ0v) is 12.7. The molecule has 2 heteroatoms. The van der Waals surface area contributed by atoms with Crippen molar-refractivity contribution in [1.29, 1.82) is 0 Å². The first-order valence-electron chi connectivity index (χ1n) is 7.37. The Labute approximate surface area is 116 Å². The lowest BCUT2D eigenvalue weighted by Crippen LogP contribution is -2.64. The van der Waals surface area contributed by atoms with Gasteiger partial charge in [0, 0.05) is 17.6 Å². The number of halogens is 1. The summed E-state index contributed by atoms with van der Waals surface area (Å²) in [6.45, 7) is 8.12. The van der Waals surface area contributed by atoms with Gasteiger partial charge in [-0.05, 0) is 67.8 Å². The summed E-state index contributed by atoms with van der Waals surface area (Å²) < 4.78 is 0. The molecule has 4 aliphatic carbocycles. The number of rotatable bonds is 3. The summed E-state index contributed by atoms with van der Waals surface area (Å²) in [6.07, 6.45) is 8.54. The molecule has 0 radical (unpaired) electrons. The first kappa shape index (κ1) is 13.0. The topological polar surface area (TPSA) is 12.0 Å². The molecule has 0 aromatic carbocycles. The van der Waals surface area contributed by atoms with Crippen LogP contribution in [0.5, 0.6) is 0 Å². The predicted octanol–water partition coefficient (Wildman–Crippen LogP) is 4.47. The first-order chi connectivity index (χ1) is 8.36. The fraction of sp³-hybridized carbons (Fsp3) is 0.875. The summed E-state index contributed by atoms with van der Waals surface area (Å²) >= 11 is 5.79. The second-order valence-electron chi connectivity index (χ2n) is 8.22. The first-order valence-corrected chi connectivity index (χ1v) is 7.81. The Bertz CT molecular complexity index is 369. The van der Waals surface area contributed by atoms with Gasteiger partial charge in [-0.3, -0.25) is 0 Å². The molecule has 4 aliphatic rings. The zero-order valence-electron chi connectivity index (χ0n) is 12.0. The van der Waals surface area contributed by atoms with E-state index in [-0.39, 0.29) is 0 Å². The van der Waals surface area contributed by atoms with Gasteiger partial charge < -0.3 is 5.32 Å². The van der Waals surface area contributed by atoms with Gasteiger partial charge in [0.2, 0.25) is 0 Å². The summed E-state index contributed by atoms with van der Waals surface area (Å²) in [7, 11) is 0. The third kappa shape index (κ3) is 2.14. The summed E-state index contributed by atoms with van der Waals surface area (Å²) in [5.41, 5.74) is 4.57. The van der Waals surface area contributed by atoms with Gasteiger partial charge in [-0.15, -0.1) is 0 Å². The molecular formula is C16H26ClN. The van der Waals surface area contributed by atoms with Gasteiger partial charge in [0.05, 0.1) is 0 Å². The van der Waals surface area contributed by atoms with Crippen LogP contribution in [0.4, 0.5) is 0 Å². The monoisotopic (exact) mass is 267 g/mol. The average molecular weight is 268 g/mol. The van der Waals surface area contributed by atoms with Gasteiger partial charge in [-0.25, -0.2) is 0 Å². The summed E-state index contributed by atoms with van der Waals surface area (Å²) in [6, 6.07) is 0. The van der Waals surface area contributed by atoms with Crippen LogP contribution in [0.3, 0.4) is 0 Å². The third-order valence-corrected chi connectivity index (χ3v) is 5.93. The maximum atomic E-state index is 5.79. The van der Waals surface area contributed by atoms with Crippen molar-refractivity contribution >= 4 is 11.6 Å².